The number of hydrogen-bond donors (Lipinski definition) is 2. The summed E-state index contributed by atoms with van der Waals surface area (Å²) in [5, 5.41) is 10.7. The van der Waals surface area contributed by atoms with Crippen molar-refractivity contribution in [3.05, 3.63) is 18.6 Å². The number of carbonyl (C=O) groups is 1. The van der Waals surface area contributed by atoms with Crippen molar-refractivity contribution in [3.8, 4) is 0 Å². The fraction of sp³-hybridized carbons (Fsp3) is 0.500. The molecule has 0 radical (unpaired) electrons. The molecule has 4 rings (SSSR count). The van der Waals surface area contributed by atoms with Gasteiger partial charge < -0.3 is 20.1 Å². The number of imidazole rings is 1. The van der Waals surface area contributed by atoms with Gasteiger partial charge in [0.25, 0.3) is 0 Å². The van der Waals surface area contributed by atoms with Gasteiger partial charge in [-0.15, -0.1) is 0 Å². The van der Waals surface area contributed by atoms with Crippen LogP contribution in [-0.4, -0.2) is 59.7 Å². The van der Waals surface area contributed by atoms with E-state index in [1.165, 1.54) is 0 Å². The van der Waals surface area contributed by atoms with Crippen LogP contribution in [0.2, 0.25) is 0 Å². The van der Waals surface area contributed by atoms with Crippen molar-refractivity contribution in [2.24, 2.45) is 7.05 Å². The molecule has 3 aromatic rings. The van der Waals surface area contributed by atoms with Gasteiger partial charge in [-0.2, -0.15) is 15.1 Å². The number of hydrogen-bond acceptors (Lipinski definition) is 7. The molecule has 10 nitrogen and oxygen atoms in total. The van der Waals surface area contributed by atoms with E-state index >= 15 is 0 Å². The van der Waals surface area contributed by atoms with Crippen molar-refractivity contribution in [2.75, 3.05) is 30.3 Å². The maximum absolute atomic E-state index is 11.9. The first kappa shape index (κ1) is 18.2. The third kappa shape index (κ3) is 3.62. The fourth-order valence-electron chi connectivity index (χ4n) is 3.31. The van der Waals surface area contributed by atoms with Crippen LogP contribution in [0.5, 0.6) is 0 Å². The monoisotopic (exact) mass is 383 g/mol. The number of nitrogens with zero attached hydrogens (tertiary/aromatic N) is 7. The Labute approximate surface area is 163 Å². The smallest absolute Gasteiger partial charge is 0.232 e. The van der Waals surface area contributed by atoms with Crippen LogP contribution >= 0.6 is 0 Å². The highest BCUT2D eigenvalue weighted by Gasteiger charge is 2.20. The van der Waals surface area contributed by atoms with E-state index < -0.39 is 0 Å². The molecule has 1 amide bonds. The second kappa shape index (κ2) is 7.83. The van der Waals surface area contributed by atoms with Crippen LogP contribution in [0.1, 0.15) is 26.2 Å². The maximum atomic E-state index is 11.9. The Morgan fingerprint density at radius 1 is 1.25 bits per heavy atom. The van der Waals surface area contributed by atoms with E-state index in [0.29, 0.717) is 31.3 Å². The summed E-state index contributed by atoms with van der Waals surface area (Å²) in [6.45, 7) is 5.05. The molecule has 10 heteroatoms. The largest absolute Gasteiger partial charge is 0.368 e. The lowest BCUT2D eigenvalue weighted by atomic mass is 10.4. The third-order valence-electron chi connectivity index (χ3n) is 4.85. The quantitative estimate of drug-likeness (QED) is 0.610. The first-order valence-electron chi connectivity index (χ1n) is 9.65. The maximum Gasteiger partial charge on any atom is 0.232 e. The average molecular weight is 383 g/mol. The number of rotatable bonds is 8. The molecule has 0 aliphatic carbocycles. The predicted molar refractivity (Wildman–Crippen MR) is 106 cm³/mol. The molecule has 1 fully saturated rings. The molecule has 0 bridgehead atoms. The number of nitrogens with one attached hydrogen (secondary N) is 2. The zero-order chi connectivity index (χ0) is 19.5. The van der Waals surface area contributed by atoms with Crippen molar-refractivity contribution in [1.82, 2.24) is 34.2 Å². The lowest BCUT2D eigenvalue weighted by Gasteiger charge is -2.16. The Kier molecular flexibility index (Phi) is 5.09. The molecule has 1 aliphatic rings. The molecular formula is C18H25N9O. The normalized spacial score (nSPS) is 14.2. The van der Waals surface area contributed by atoms with Crippen molar-refractivity contribution in [2.45, 2.75) is 32.7 Å². The Morgan fingerprint density at radius 2 is 2.14 bits per heavy atom. The van der Waals surface area contributed by atoms with E-state index in [9.17, 15) is 4.79 Å². The molecule has 2 N–H and O–H groups in total. The topological polar surface area (TPSA) is 106 Å². The highest BCUT2D eigenvalue weighted by atomic mass is 16.2. The summed E-state index contributed by atoms with van der Waals surface area (Å²) in [4.78, 5) is 27.6. The molecule has 0 spiro atoms. The minimum Gasteiger partial charge on any atom is -0.368 e. The van der Waals surface area contributed by atoms with Crippen LogP contribution in [-0.2, 0) is 18.4 Å². The number of fused-ring (bicyclic) bond motifs is 1. The summed E-state index contributed by atoms with van der Waals surface area (Å²) in [7, 11) is 1.86. The van der Waals surface area contributed by atoms with Crippen LogP contribution in [0, 0.1) is 0 Å². The molecule has 4 heterocycles. The SMILES string of the molecule is CCCNc1nc(Nc2ccnn2C)nc2c1ncn2CCN1CCCC1=O. The van der Waals surface area contributed by atoms with Gasteiger partial charge in [-0.05, 0) is 12.8 Å². The summed E-state index contributed by atoms with van der Waals surface area (Å²) in [6, 6.07) is 1.86. The first-order chi connectivity index (χ1) is 13.7. The molecule has 1 saturated heterocycles. The van der Waals surface area contributed by atoms with Crippen molar-refractivity contribution in [3.63, 3.8) is 0 Å². The van der Waals surface area contributed by atoms with Crippen LogP contribution in [0.15, 0.2) is 18.6 Å². The fourth-order valence-corrected chi connectivity index (χ4v) is 3.31. The van der Waals surface area contributed by atoms with E-state index in [-0.39, 0.29) is 5.91 Å². The Morgan fingerprint density at radius 3 is 2.86 bits per heavy atom. The van der Waals surface area contributed by atoms with Crippen molar-refractivity contribution in [1.29, 1.82) is 0 Å². The molecule has 28 heavy (non-hydrogen) atoms. The van der Waals surface area contributed by atoms with Crippen molar-refractivity contribution >= 4 is 34.7 Å². The lowest BCUT2D eigenvalue weighted by Crippen LogP contribution is -2.28. The lowest BCUT2D eigenvalue weighted by molar-refractivity contribution is -0.127. The van der Waals surface area contributed by atoms with Gasteiger partial charge in [-0.1, -0.05) is 6.92 Å². The molecule has 3 aromatic heterocycles. The van der Waals surface area contributed by atoms with Crippen LogP contribution in [0.4, 0.5) is 17.6 Å². The van der Waals surface area contributed by atoms with Gasteiger partial charge in [-0.3, -0.25) is 9.48 Å². The minimum absolute atomic E-state index is 0.225. The number of aryl methyl sites for hydroxylation is 1. The Balaban J connectivity index is 1.63. The molecule has 148 valence electrons. The Bertz CT molecular complexity index is 977. The second-order valence-corrected chi connectivity index (χ2v) is 6.88. The van der Waals surface area contributed by atoms with Gasteiger partial charge in [0, 0.05) is 45.7 Å². The van der Waals surface area contributed by atoms with E-state index in [0.717, 1.165) is 42.9 Å². The second-order valence-electron chi connectivity index (χ2n) is 6.88. The van der Waals surface area contributed by atoms with Gasteiger partial charge >= 0.3 is 0 Å². The van der Waals surface area contributed by atoms with E-state index in [1.807, 2.05) is 22.6 Å². The predicted octanol–water partition coefficient (Wildman–Crippen LogP) is 1.75. The third-order valence-corrected chi connectivity index (χ3v) is 4.85. The first-order valence-corrected chi connectivity index (χ1v) is 9.65. The summed E-state index contributed by atoms with van der Waals surface area (Å²) in [5.74, 6) is 2.21. The van der Waals surface area contributed by atoms with E-state index in [2.05, 4.69) is 37.6 Å². The van der Waals surface area contributed by atoms with Crippen LogP contribution in [0.3, 0.4) is 0 Å². The zero-order valence-corrected chi connectivity index (χ0v) is 16.2. The van der Waals surface area contributed by atoms with Gasteiger partial charge in [-0.25, -0.2) is 4.98 Å². The number of likely N-dealkylation sites (tertiary alicyclic amines) is 1. The summed E-state index contributed by atoms with van der Waals surface area (Å²) in [5.41, 5.74) is 1.47. The van der Waals surface area contributed by atoms with Gasteiger partial charge in [0.15, 0.2) is 17.0 Å². The molecule has 0 aromatic carbocycles. The minimum atomic E-state index is 0.225. The van der Waals surface area contributed by atoms with E-state index in [1.54, 1.807) is 17.2 Å². The standard InChI is InChI=1S/C18H25N9O/c1-3-7-19-16-15-17(24-18(23-16)22-13-6-8-21-25(13)2)27(12-20-15)11-10-26-9-4-5-14(26)28/h6,8,12H,3-5,7,9-11H2,1-2H3,(H2,19,22,23,24). The summed E-state index contributed by atoms with van der Waals surface area (Å²) in [6.07, 6.45) is 6.05. The van der Waals surface area contributed by atoms with E-state index in [4.69, 9.17) is 0 Å². The van der Waals surface area contributed by atoms with Gasteiger partial charge in [0.2, 0.25) is 11.9 Å². The number of anilines is 3. The van der Waals surface area contributed by atoms with Gasteiger partial charge in [0.05, 0.1) is 12.5 Å². The molecular weight excluding hydrogens is 358 g/mol. The molecule has 0 unspecified atom stereocenters. The van der Waals surface area contributed by atoms with Crippen LogP contribution < -0.4 is 10.6 Å². The number of aromatic nitrogens is 6. The highest BCUT2D eigenvalue weighted by molar-refractivity contribution is 5.84. The van der Waals surface area contributed by atoms with Gasteiger partial charge in [0.1, 0.15) is 5.82 Å². The molecule has 1 aliphatic heterocycles. The van der Waals surface area contributed by atoms with Crippen molar-refractivity contribution < 1.29 is 4.79 Å². The average Bonchev–Trinajstić information content (AvgIpc) is 3.39. The van der Waals surface area contributed by atoms with Crippen LogP contribution in [0.25, 0.3) is 11.2 Å². The summed E-state index contributed by atoms with van der Waals surface area (Å²) < 4.78 is 3.71. The zero-order valence-electron chi connectivity index (χ0n) is 16.2. The molecule has 0 atom stereocenters. The highest BCUT2D eigenvalue weighted by Crippen LogP contribution is 2.23. The number of amides is 1. The number of carbonyl (C=O) groups excluding carboxylic acids is 1. The Hall–Kier alpha value is -3.17. The summed E-state index contributed by atoms with van der Waals surface area (Å²) >= 11 is 0. The molecule has 0 saturated carbocycles.